The molecular formula is C22H23NO3. The molecule has 26 heavy (non-hydrogen) atoms. The van der Waals surface area contributed by atoms with Gasteiger partial charge in [-0.15, -0.1) is 0 Å². The fraction of sp³-hybridized carbons (Fsp3) is 0.318. The number of carbonyl (C=O) groups is 1. The Morgan fingerprint density at radius 2 is 1.85 bits per heavy atom. The van der Waals surface area contributed by atoms with Crippen LogP contribution in [-0.4, -0.2) is 24.8 Å². The van der Waals surface area contributed by atoms with Gasteiger partial charge in [0.15, 0.2) is 0 Å². The maximum atomic E-state index is 12.6. The van der Waals surface area contributed by atoms with Gasteiger partial charge in [-0.2, -0.15) is 0 Å². The molecule has 1 amide bonds. The second-order valence-corrected chi connectivity index (χ2v) is 7.76. The smallest absolute Gasteiger partial charge is 0.312 e. The molecule has 2 aliphatic rings. The molecule has 0 radical (unpaired) electrons. The lowest BCUT2D eigenvalue weighted by Gasteiger charge is -2.38. The van der Waals surface area contributed by atoms with Crippen LogP contribution in [0, 0.1) is 0 Å². The topological polar surface area (TPSA) is 47.6 Å². The molecule has 1 N–H and O–H groups in total. The second kappa shape index (κ2) is 5.99. The molecule has 0 aromatic heterocycles. The molecule has 4 heteroatoms. The molecule has 2 heterocycles. The Morgan fingerprint density at radius 3 is 2.54 bits per heavy atom. The van der Waals surface area contributed by atoms with Gasteiger partial charge < -0.3 is 14.8 Å². The van der Waals surface area contributed by atoms with Crippen LogP contribution in [0.4, 0.5) is 0 Å². The van der Waals surface area contributed by atoms with Gasteiger partial charge in [0.05, 0.1) is 6.61 Å². The Morgan fingerprint density at radius 1 is 1.08 bits per heavy atom. The van der Waals surface area contributed by atoms with Crippen molar-refractivity contribution in [1.29, 1.82) is 0 Å². The highest BCUT2D eigenvalue weighted by Gasteiger charge is 2.46. The molecule has 1 unspecified atom stereocenters. The maximum Gasteiger partial charge on any atom is 0.312 e. The van der Waals surface area contributed by atoms with Crippen molar-refractivity contribution in [3.05, 3.63) is 71.3 Å². The van der Waals surface area contributed by atoms with Gasteiger partial charge in [-0.25, -0.2) is 0 Å². The van der Waals surface area contributed by atoms with Crippen LogP contribution in [0.15, 0.2) is 54.6 Å². The zero-order valence-electron chi connectivity index (χ0n) is 15.3. The predicted octanol–water partition coefficient (Wildman–Crippen LogP) is 3.65. The van der Waals surface area contributed by atoms with Crippen LogP contribution in [-0.2, 0) is 14.9 Å². The van der Waals surface area contributed by atoms with E-state index < -0.39 is 5.79 Å². The van der Waals surface area contributed by atoms with Crippen molar-refractivity contribution >= 4 is 11.5 Å². The average Bonchev–Trinajstić information content (AvgIpc) is 2.63. The van der Waals surface area contributed by atoms with Crippen molar-refractivity contribution in [2.75, 3.05) is 13.2 Å². The standard InChI is InChI=1S/C22H23NO3/c1-21(2,3)16-9-10-19-17(13-16)18(15-7-5-4-6-8-15)14-22(26-19)20(24)23-11-12-25-22/h4-10,13-14H,11-12H2,1-3H3,(H,23,24). The number of hydrogen-bond donors (Lipinski definition) is 1. The normalized spacial score (nSPS) is 22.3. The van der Waals surface area contributed by atoms with E-state index in [1.54, 1.807) is 0 Å². The van der Waals surface area contributed by atoms with Gasteiger partial charge in [-0.3, -0.25) is 4.79 Å². The first-order chi connectivity index (χ1) is 12.4. The molecular weight excluding hydrogens is 326 g/mol. The van der Waals surface area contributed by atoms with Gasteiger partial charge in [0.1, 0.15) is 5.75 Å². The molecule has 2 aliphatic heterocycles. The van der Waals surface area contributed by atoms with E-state index >= 15 is 0 Å². The third-order valence-electron chi connectivity index (χ3n) is 4.84. The predicted molar refractivity (Wildman–Crippen MR) is 101 cm³/mol. The van der Waals surface area contributed by atoms with Crippen molar-refractivity contribution in [2.24, 2.45) is 0 Å². The molecule has 0 saturated carbocycles. The van der Waals surface area contributed by atoms with Crippen molar-refractivity contribution < 1.29 is 14.3 Å². The SMILES string of the molecule is CC(C)(C)c1ccc2c(c1)C(c1ccccc1)=CC1(OCCNC1=O)O2. The van der Waals surface area contributed by atoms with E-state index in [9.17, 15) is 4.79 Å². The Bertz CT molecular complexity index is 880. The third-order valence-corrected chi connectivity index (χ3v) is 4.84. The maximum absolute atomic E-state index is 12.6. The Labute approximate surface area is 153 Å². The number of fused-ring (bicyclic) bond motifs is 1. The molecule has 1 spiro atoms. The van der Waals surface area contributed by atoms with Gasteiger partial charge in [0, 0.05) is 18.2 Å². The minimum absolute atomic E-state index is 0.0185. The van der Waals surface area contributed by atoms with Crippen molar-refractivity contribution in [1.82, 2.24) is 5.32 Å². The van der Waals surface area contributed by atoms with E-state index in [1.807, 2.05) is 42.5 Å². The molecule has 0 bridgehead atoms. The van der Waals surface area contributed by atoms with Gasteiger partial charge in [-0.05, 0) is 34.2 Å². The minimum Gasteiger partial charge on any atom is -0.449 e. The summed E-state index contributed by atoms with van der Waals surface area (Å²) in [7, 11) is 0. The van der Waals surface area contributed by atoms with Crippen LogP contribution in [0.3, 0.4) is 0 Å². The highest BCUT2D eigenvalue weighted by molar-refractivity contribution is 5.94. The quantitative estimate of drug-likeness (QED) is 0.855. The summed E-state index contributed by atoms with van der Waals surface area (Å²) in [5, 5.41) is 2.85. The van der Waals surface area contributed by atoms with Crippen LogP contribution in [0.5, 0.6) is 5.75 Å². The largest absolute Gasteiger partial charge is 0.449 e. The first-order valence-electron chi connectivity index (χ1n) is 8.93. The molecule has 0 aliphatic carbocycles. The summed E-state index contributed by atoms with van der Waals surface area (Å²) in [6.07, 6.45) is 1.81. The zero-order chi connectivity index (χ0) is 18.4. The van der Waals surface area contributed by atoms with Gasteiger partial charge in [0.2, 0.25) is 0 Å². The van der Waals surface area contributed by atoms with Crippen molar-refractivity contribution in [3.63, 3.8) is 0 Å². The molecule has 2 aromatic rings. The number of rotatable bonds is 1. The Kier molecular flexibility index (Phi) is 3.88. The molecule has 134 valence electrons. The minimum atomic E-state index is -1.40. The Balaban J connectivity index is 1.91. The lowest BCUT2D eigenvalue weighted by molar-refractivity contribution is -0.186. The van der Waals surface area contributed by atoms with Gasteiger partial charge in [0.25, 0.3) is 5.91 Å². The van der Waals surface area contributed by atoms with E-state index in [-0.39, 0.29) is 11.3 Å². The number of ether oxygens (including phenoxy) is 2. The van der Waals surface area contributed by atoms with Gasteiger partial charge in [-0.1, -0.05) is 57.2 Å². The number of amides is 1. The number of morpholine rings is 1. The average molecular weight is 349 g/mol. The van der Waals surface area contributed by atoms with Crippen LogP contribution in [0.25, 0.3) is 5.57 Å². The fourth-order valence-electron chi connectivity index (χ4n) is 3.35. The summed E-state index contributed by atoms with van der Waals surface area (Å²) in [6, 6.07) is 16.2. The summed E-state index contributed by atoms with van der Waals surface area (Å²) in [5.74, 6) is -1.00. The molecule has 2 aromatic carbocycles. The highest BCUT2D eigenvalue weighted by atomic mass is 16.7. The summed E-state index contributed by atoms with van der Waals surface area (Å²) in [4.78, 5) is 12.6. The van der Waals surface area contributed by atoms with E-state index in [2.05, 4.69) is 38.2 Å². The molecule has 1 fully saturated rings. The lowest BCUT2D eigenvalue weighted by atomic mass is 9.83. The van der Waals surface area contributed by atoms with Crippen LogP contribution in [0.1, 0.15) is 37.5 Å². The summed E-state index contributed by atoms with van der Waals surface area (Å²) < 4.78 is 11.9. The number of benzene rings is 2. The summed E-state index contributed by atoms with van der Waals surface area (Å²) >= 11 is 0. The Hall–Kier alpha value is -2.59. The number of carbonyl (C=O) groups excluding carboxylic acids is 1. The zero-order valence-corrected chi connectivity index (χ0v) is 15.3. The summed E-state index contributed by atoms with van der Waals surface area (Å²) in [6.45, 7) is 7.46. The molecule has 4 nitrogen and oxygen atoms in total. The highest BCUT2D eigenvalue weighted by Crippen LogP contribution is 2.42. The van der Waals surface area contributed by atoms with E-state index in [0.29, 0.717) is 18.9 Å². The summed E-state index contributed by atoms with van der Waals surface area (Å²) in [5.41, 5.74) is 4.20. The van der Waals surface area contributed by atoms with Crippen LogP contribution < -0.4 is 10.1 Å². The van der Waals surface area contributed by atoms with Crippen LogP contribution >= 0.6 is 0 Å². The van der Waals surface area contributed by atoms with Crippen LogP contribution in [0.2, 0.25) is 0 Å². The van der Waals surface area contributed by atoms with E-state index in [0.717, 1.165) is 16.7 Å². The number of hydrogen-bond acceptors (Lipinski definition) is 3. The van der Waals surface area contributed by atoms with Crippen molar-refractivity contribution in [2.45, 2.75) is 32.0 Å². The first-order valence-corrected chi connectivity index (χ1v) is 8.93. The molecule has 4 rings (SSSR count). The van der Waals surface area contributed by atoms with Crippen molar-refractivity contribution in [3.8, 4) is 5.75 Å². The number of nitrogens with one attached hydrogen (secondary N) is 1. The van der Waals surface area contributed by atoms with Gasteiger partial charge >= 0.3 is 5.79 Å². The molecule has 1 saturated heterocycles. The lowest BCUT2D eigenvalue weighted by Crippen LogP contribution is -2.58. The molecule has 1 atom stereocenters. The monoisotopic (exact) mass is 349 g/mol. The second-order valence-electron chi connectivity index (χ2n) is 7.76. The van der Waals surface area contributed by atoms with E-state index in [1.165, 1.54) is 5.56 Å². The fourth-order valence-corrected chi connectivity index (χ4v) is 3.35. The van der Waals surface area contributed by atoms with E-state index in [4.69, 9.17) is 9.47 Å². The first kappa shape index (κ1) is 16.9. The third kappa shape index (κ3) is 2.80.